The van der Waals surface area contributed by atoms with Crippen molar-refractivity contribution >= 4 is 0 Å². The minimum atomic E-state index is -0.395. The van der Waals surface area contributed by atoms with E-state index in [-0.39, 0.29) is 0 Å². The van der Waals surface area contributed by atoms with Gasteiger partial charge in [0.2, 0.25) is 0 Å². The van der Waals surface area contributed by atoms with Crippen LogP contribution in [0.2, 0.25) is 0 Å². The van der Waals surface area contributed by atoms with Crippen molar-refractivity contribution in [3.63, 3.8) is 0 Å². The molecule has 0 unspecified atom stereocenters. The normalized spacial score (nSPS) is 13.6. The number of hydrogen-bond donors (Lipinski definition) is 1. The summed E-state index contributed by atoms with van der Waals surface area (Å²) in [6.07, 6.45) is 1.07. The Bertz CT molecular complexity index is 159. The zero-order valence-corrected chi connectivity index (χ0v) is 5.10. The van der Waals surface area contributed by atoms with Crippen LogP contribution in [0.15, 0.2) is 6.33 Å². The fourth-order valence-electron chi connectivity index (χ4n) is 0.535. The lowest BCUT2D eigenvalue weighted by Crippen LogP contribution is -2.11. The molecule has 0 saturated heterocycles. The molecule has 1 heterocycles. The molecule has 0 radical (unpaired) electrons. The molecule has 1 rings (SSSR count). The molecule has 1 aromatic heterocycles. The summed E-state index contributed by atoms with van der Waals surface area (Å²) < 4.78 is 1.48. The fraction of sp³-hybridized carbons (Fsp3) is 0.750. The van der Waals surface area contributed by atoms with Crippen LogP contribution in [0.4, 0.5) is 0 Å². The Morgan fingerprint density at radius 1 is 1.78 bits per heavy atom. The minimum absolute atomic E-state index is 0.395. The van der Waals surface area contributed by atoms with E-state index in [1.165, 1.54) is 11.0 Å². The molecule has 1 N–H and O–H groups in total. The van der Waals surface area contributed by atoms with Crippen molar-refractivity contribution in [1.29, 1.82) is 0 Å². The van der Waals surface area contributed by atoms with Gasteiger partial charge in [-0.05, 0) is 17.4 Å². The SMILES string of the molecule is C[C@@H](O)Cn1cnnn1. The number of tetrazole rings is 1. The predicted molar refractivity (Wildman–Crippen MR) is 29.5 cm³/mol. The number of hydrogen-bond acceptors (Lipinski definition) is 4. The van der Waals surface area contributed by atoms with Gasteiger partial charge in [-0.1, -0.05) is 0 Å². The van der Waals surface area contributed by atoms with Crippen LogP contribution in [0, 0.1) is 0 Å². The Morgan fingerprint density at radius 3 is 3.00 bits per heavy atom. The third-order valence-corrected chi connectivity index (χ3v) is 0.843. The highest BCUT2D eigenvalue weighted by atomic mass is 16.3. The van der Waals surface area contributed by atoms with Gasteiger partial charge in [0.25, 0.3) is 0 Å². The molecule has 0 aliphatic rings. The molecule has 9 heavy (non-hydrogen) atoms. The first kappa shape index (κ1) is 6.15. The van der Waals surface area contributed by atoms with Crippen molar-refractivity contribution in [2.75, 3.05) is 0 Å². The zero-order valence-electron chi connectivity index (χ0n) is 5.10. The third kappa shape index (κ3) is 1.77. The van der Waals surface area contributed by atoms with E-state index in [9.17, 15) is 0 Å². The molecule has 0 saturated carbocycles. The second-order valence-corrected chi connectivity index (χ2v) is 1.88. The number of aliphatic hydroxyl groups is 1. The summed E-state index contributed by atoms with van der Waals surface area (Å²) in [5, 5.41) is 19.2. The van der Waals surface area contributed by atoms with Gasteiger partial charge >= 0.3 is 0 Å². The first-order chi connectivity index (χ1) is 4.29. The van der Waals surface area contributed by atoms with Gasteiger partial charge in [0, 0.05) is 0 Å². The third-order valence-electron chi connectivity index (χ3n) is 0.843. The minimum Gasteiger partial charge on any atom is -0.391 e. The fourth-order valence-corrected chi connectivity index (χ4v) is 0.535. The van der Waals surface area contributed by atoms with Crippen LogP contribution in [-0.4, -0.2) is 31.4 Å². The number of aromatic nitrogens is 4. The first-order valence-corrected chi connectivity index (χ1v) is 2.68. The highest BCUT2D eigenvalue weighted by Crippen LogP contribution is 1.83. The van der Waals surface area contributed by atoms with Gasteiger partial charge in [-0.3, -0.25) is 0 Å². The molecule has 0 bridgehead atoms. The first-order valence-electron chi connectivity index (χ1n) is 2.68. The average molecular weight is 128 g/mol. The van der Waals surface area contributed by atoms with E-state index in [4.69, 9.17) is 5.11 Å². The lowest BCUT2D eigenvalue weighted by molar-refractivity contribution is 0.167. The molecule has 0 aliphatic heterocycles. The van der Waals surface area contributed by atoms with Gasteiger partial charge in [0.15, 0.2) is 0 Å². The zero-order chi connectivity index (χ0) is 6.69. The Hall–Kier alpha value is -0.970. The maximum absolute atomic E-state index is 8.81. The molecule has 1 aromatic rings. The van der Waals surface area contributed by atoms with Gasteiger partial charge in [0.1, 0.15) is 6.33 Å². The number of nitrogens with zero attached hydrogens (tertiary/aromatic N) is 4. The van der Waals surface area contributed by atoms with E-state index in [0.29, 0.717) is 6.54 Å². The van der Waals surface area contributed by atoms with Crippen LogP contribution in [-0.2, 0) is 6.54 Å². The summed E-state index contributed by atoms with van der Waals surface area (Å²) in [4.78, 5) is 0. The van der Waals surface area contributed by atoms with E-state index in [1.807, 2.05) is 0 Å². The summed E-state index contributed by atoms with van der Waals surface area (Å²) in [6.45, 7) is 2.13. The lowest BCUT2D eigenvalue weighted by Gasteiger charge is -1.99. The highest BCUT2D eigenvalue weighted by molar-refractivity contribution is 4.50. The maximum atomic E-state index is 8.81. The van der Waals surface area contributed by atoms with Crippen LogP contribution in [0.1, 0.15) is 6.92 Å². The van der Waals surface area contributed by atoms with Gasteiger partial charge in [-0.25, -0.2) is 4.68 Å². The smallest absolute Gasteiger partial charge is 0.138 e. The van der Waals surface area contributed by atoms with E-state index >= 15 is 0 Å². The Morgan fingerprint density at radius 2 is 2.56 bits per heavy atom. The Kier molecular flexibility index (Phi) is 1.74. The lowest BCUT2D eigenvalue weighted by atomic mass is 10.4. The van der Waals surface area contributed by atoms with Gasteiger partial charge in [0.05, 0.1) is 12.6 Å². The monoisotopic (exact) mass is 128 g/mol. The molecule has 5 heteroatoms. The molecule has 5 nitrogen and oxygen atoms in total. The van der Waals surface area contributed by atoms with Gasteiger partial charge < -0.3 is 5.11 Å². The molecule has 0 spiro atoms. The largest absolute Gasteiger partial charge is 0.391 e. The van der Waals surface area contributed by atoms with E-state index in [1.54, 1.807) is 6.92 Å². The molecule has 0 fully saturated rings. The topological polar surface area (TPSA) is 63.8 Å². The summed E-state index contributed by atoms with van der Waals surface area (Å²) in [6, 6.07) is 0. The van der Waals surface area contributed by atoms with E-state index < -0.39 is 6.10 Å². The maximum Gasteiger partial charge on any atom is 0.138 e. The van der Waals surface area contributed by atoms with Crippen LogP contribution >= 0.6 is 0 Å². The quantitative estimate of drug-likeness (QED) is 0.558. The summed E-state index contributed by atoms with van der Waals surface area (Å²) in [5.74, 6) is 0. The number of rotatable bonds is 2. The highest BCUT2D eigenvalue weighted by Gasteiger charge is 1.96. The van der Waals surface area contributed by atoms with Crippen LogP contribution < -0.4 is 0 Å². The molecular formula is C4H8N4O. The van der Waals surface area contributed by atoms with Gasteiger partial charge in [-0.15, -0.1) is 5.10 Å². The predicted octanol–water partition coefficient (Wildman–Crippen LogP) is -0.946. The molecule has 1 atom stereocenters. The van der Waals surface area contributed by atoms with Crippen molar-refractivity contribution in [3.05, 3.63) is 6.33 Å². The molecule has 0 aliphatic carbocycles. The Labute approximate surface area is 52.3 Å². The molecule has 0 aromatic carbocycles. The standard InChI is InChI=1S/C4H8N4O/c1-4(9)2-8-3-5-6-7-8/h3-4,9H,2H2,1H3/t4-/m1/s1. The molecule has 50 valence electrons. The molecule has 0 amide bonds. The summed E-state index contributed by atoms with van der Waals surface area (Å²) in [7, 11) is 0. The van der Waals surface area contributed by atoms with Crippen molar-refractivity contribution in [2.45, 2.75) is 19.6 Å². The van der Waals surface area contributed by atoms with Crippen LogP contribution in [0.3, 0.4) is 0 Å². The van der Waals surface area contributed by atoms with Crippen LogP contribution in [0.5, 0.6) is 0 Å². The van der Waals surface area contributed by atoms with Crippen LogP contribution in [0.25, 0.3) is 0 Å². The van der Waals surface area contributed by atoms with Crippen molar-refractivity contribution in [1.82, 2.24) is 20.2 Å². The van der Waals surface area contributed by atoms with Crippen molar-refractivity contribution in [3.8, 4) is 0 Å². The second-order valence-electron chi connectivity index (χ2n) is 1.88. The van der Waals surface area contributed by atoms with Gasteiger partial charge in [-0.2, -0.15) is 0 Å². The van der Waals surface area contributed by atoms with E-state index in [2.05, 4.69) is 15.5 Å². The van der Waals surface area contributed by atoms with Crippen molar-refractivity contribution in [2.24, 2.45) is 0 Å². The summed E-state index contributed by atoms with van der Waals surface area (Å²) >= 11 is 0. The van der Waals surface area contributed by atoms with Crippen molar-refractivity contribution < 1.29 is 5.11 Å². The van der Waals surface area contributed by atoms with E-state index in [0.717, 1.165) is 0 Å². The number of aliphatic hydroxyl groups excluding tert-OH is 1. The Balaban J connectivity index is 2.48. The summed E-state index contributed by atoms with van der Waals surface area (Å²) in [5.41, 5.74) is 0. The molecular weight excluding hydrogens is 120 g/mol. The second kappa shape index (κ2) is 2.54. The average Bonchev–Trinajstić information content (AvgIpc) is 2.15.